The lowest BCUT2D eigenvalue weighted by molar-refractivity contribution is -0.122. The summed E-state index contributed by atoms with van der Waals surface area (Å²) in [5.74, 6) is -1.42. The molecular weight excluding hydrogens is 446 g/mol. The lowest BCUT2D eigenvalue weighted by Gasteiger charge is -2.26. The Bertz CT molecular complexity index is 1400. The molecule has 8 heteroatoms. The summed E-state index contributed by atoms with van der Waals surface area (Å²) in [6, 6.07) is 13.3. The van der Waals surface area contributed by atoms with Crippen molar-refractivity contribution in [1.82, 2.24) is 0 Å². The fourth-order valence-corrected chi connectivity index (χ4v) is 5.51. The van der Waals surface area contributed by atoms with Crippen LogP contribution in [-0.2, 0) is 34.1 Å². The van der Waals surface area contributed by atoms with Crippen molar-refractivity contribution in [3.05, 3.63) is 82.9 Å². The van der Waals surface area contributed by atoms with E-state index < -0.39 is 21.7 Å². The van der Waals surface area contributed by atoms with Gasteiger partial charge in [0.05, 0.1) is 4.90 Å². The number of primary sulfonamides is 1. The minimum absolute atomic E-state index is 0.0235. The number of hydrogen-bond donors (Lipinski definition) is 1. The van der Waals surface area contributed by atoms with Crippen molar-refractivity contribution in [1.29, 1.82) is 0 Å². The number of nitrogens with zero attached hydrogens (tertiary/aromatic N) is 1. The molecule has 0 fully saturated rings. The summed E-state index contributed by atoms with van der Waals surface area (Å²) < 4.78 is 51.5. The van der Waals surface area contributed by atoms with Crippen LogP contribution in [0.1, 0.15) is 23.6 Å². The van der Waals surface area contributed by atoms with Crippen LogP contribution in [0.15, 0.2) is 59.5 Å². The zero-order chi connectivity index (χ0) is 23.5. The van der Waals surface area contributed by atoms with Crippen LogP contribution in [0.2, 0.25) is 0 Å². The van der Waals surface area contributed by atoms with Gasteiger partial charge in [-0.1, -0.05) is 24.3 Å². The van der Waals surface area contributed by atoms with E-state index in [0.717, 1.165) is 28.8 Å². The number of amides is 1. The summed E-state index contributed by atoms with van der Waals surface area (Å²) in [7, 11) is -3.89. The summed E-state index contributed by atoms with van der Waals surface area (Å²) in [5.41, 5.74) is 4.17. The molecule has 3 aromatic carbocycles. The molecule has 1 heterocycles. The molecule has 0 bridgehead atoms. The lowest BCUT2D eigenvalue weighted by atomic mass is 10.00. The molecule has 5 rings (SSSR count). The van der Waals surface area contributed by atoms with Crippen molar-refractivity contribution in [3.63, 3.8) is 0 Å². The van der Waals surface area contributed by atoms with E-state index in [9.17, 15) is 22.0 Å². The van der Waals surface area contributed by atoms with Gasteiger partial charge in [-0.25, -0.2) is 22.3 Å². The zero-order valence-electron chi connectivity index (χ0n) is 17.9. The first-order valence-electron chi connectivity index (χ1n) is 10.7. The van der Waals surface area contributed by atoms with Crippen LogP contribution in [0.25, 0.3) is 11.1 Å². The van der Waals surface area contributed by atoms with Crippen molar-refractivity contribution in [2.45, 2.75) is 37.1 Å². The molecule has 2 N–H and O–H groups in total. The maximum Gasteiger partial charge on any atom is 0.238 e. The normalized spacial score (nSPS) is 19.5. The van der Waals surface area contributed by atoms with Crippen LogP contribution in [0, 0.1) is 17.6 Å². The van der Waals surface area contributed by atoms with Crippen molar-refractivity contribution in [3.8, 4) is 11.1 Å². The molecule has 1 amide bonds. The van der Waals surface area contributed by atoms with E-state index in [1.165, 1.54) is 18.2 Å². The van der Waals surface area contributed by atoms with Gasteiger partial charge in [0.25, 0.3) is 0 Å². The Hall–Kier alpha value is -3.10. The molecule has 1 aliphatic heterocycles. The fourth-order valence-electron chi connectivity index (χ4n) is 4.98. The molecule has 0 saturated carbocycles. The minimum Gasteiger partial charge on any atom is -0.309 e. The van der Waals surface area contributed by atoms with Gasteiger partial charge in [-0.05, 0) is 78.8 Å². The maximum absolute atomic E-state index is 14.2. The van der Waals surface area contributed by atoms with Gasteiger partial charge >= 0.3 is 0 Å². The van der Waals surface area contributed by atoms with Crippen molar-refractivity contribution < 1.29 is 22.0 Å². The van der Waals surface area contributed by atoms with Gasteiger partial charge < -0.3 is 4.90 Å². The van der Waals surface area contributed by atoms with E-state index in [2.05, 4.69) is 0 Å². The van der Waals surface area contributed by atoms with Crippen molar-refractivity contribution in [2.24, 2.45) is 11.1 Å². The Balaban J connectivity index is 1.43. The Morgan fingerprint density at radius 2 is 1.67 bits per heavy atom. The maximum atomic E-state index is 14.2. The zero-order valence-corrected chi connectivity index (χ0v) is 18.7. The van der Waals surface area contributed by atoms with E-state index in [-0.39, 0.29) is 28.3 Å². The standard InChI is InChI=1S/C25H22F2N2O3S/c1-14-8-17-4-6-21(33(28,31)32)13-24(17)29(14)25(30)19-9-15-2-3-16(10-18(15)11-19)22-12-20(26)5-7-23(22)27/h2-7,10,12-14,19H,8-9,11H2,1H3,(H2,28,31,32)/t14-,19-/m1/s1. The molecule has 5 nitrogen and oxygen atoms in total. The number of halogens is 2. The summed E-state index contributed by atoms with van der Waals surface area (Å²) >= 11 is 0. The van der Waals surface area contributed by atoms with Crippen LogP contribution in [-0.4, -0.2) is 20.4 Å². The first-order valence-corrected chi connectivity index (χ1v) is 12.2. The molecule has 0 saturated heterocycles. The molecular formula is C25H22F2N2O3S. The van der Waals surface area contributed by atoms with Crippen LogP contribution in [0.5, 0.6) is 0 Å². The second-order valence-electron chi connectivity index (χ2n) is 8.81. The summed E-state index contributed by atoms with van der Waals surface area (Å²) in [6.45, 7) is 1.93. The molecule has 0 unspecified atom stereocenters. The third-order valence-corrected chi connectivity index (χ3v) is 7.48. The van der Waals surface area contributed by atoms with Gasteiger partial charge in [0.15, 0.2) is 0 Å². The second-order valence-corrected chi connectivity index (χ2v) is 10.4. The highest BCUT2D eigenvalue weighted by Crippen LogP contribution is 2.38. The number of benzene rings is 3. The first kappa shape index (κ1) is 21.7. The number of hydrogen-bond acceptors (Lipinski definition) is 3. The molecule has 0 spiro atoms. The minimum atomic E-state index is -3.89. The van der Waals surface area contributed by atoms with Gasteiger partial charge in [-0.15, -0.1) is 0 Å². The predicted octanol–water partition coefficient (Wildman–Crippen LogP) is 3.97. The highest BCUT2D eigenvalue weighted by atomic mass is 32.2. The average molecular weight is 469 g/mol. The van der Waals surface area contributed by atoms with Crippen molar-refractivity contribution >= 4 is 21.6 Å². The SMILES string of the molecule is C[C@@H]1Cc2ccc(S(N)(=O)=O)cc2N1C(=O)[C@@H]1Cc2ccc(-c3cc(F)ccc3F)cc2C1. The average Bonchev–Trinajstić information content (AvgIpc) is 3.33. The van der Waals surface area contributed by atoms with Crippen LogP contribution in [0.3, 0.4) is 0 Å². The number of rotatable bonds is 3. The highest BCUT2D eigenvalue weighted by molar-refractivity contribution is 7.89. The van der Waals surface area contributed by atoms with E-state index >= 15 is 0 Å². The molecule has 2 aliphatic rings. The van der Waals surface area contributed by atoms with Crippen LogP contribution >= 0.6 is 0 Å². The van der Waals surface area contributed by atoms with Crippen molar-refractivity contribution in [2.75, 3.05) is 4.90 Å². The fraction of sp³-hybridized carbons (Fsp3) is 0.240. The van der Waals surface area contributed by atoms with E-state index in [1.807, 2.05) is 19.1 Å². The van der Waals surface area contributed by atoms with Gasteiger partial charge in [-0.2, -0.15) is 0 Å². The molecule has 3 aromatic rings. The van der Waals surface area contributed by atoms with Gasteiger partial charge in [0, 0.05) is 23.2 Å². The van der Waals surface area contributed by atoms with E-state index in [1.54, 1.807) is 17.0 Å². The molecule has 0 radical (unpaired) electrons. The number of anilines is 1. The molecule has 0 aromatic heterocycles. The van der Waals surface area contributed by atoms with Gasteiger partial charge in [0.2, 0.25) is 15.9 Å². The number of nitrogens with two attached hydrogens (primary N) is 1. The first-order chi connectivity index (χ1) is 15.6. The molecule has 1 aliphatic carbocycles. The molecule has 2 atom stereocenters. The Morgan fingerprint density at radius 1 is 0.939 bits per heavy atom. The predicted molar refractivity (Wildman–Crippen MR) is 121 cm³/mol. The second kappa shape index (κ2) is 7.74. The Morgan fingerprint density at radius 3 is 2.42 bits per heavy atom. The highest BCUT2D eigenvalue weighted by Gasteiger charge is 2.38. The molecule has 33 heavy (non-hydrogen) atoms. The molecule has 170 valence electrons. The van der Waals surface area contributed by atoms with Gasteiger partial charge in [0.1, 0.15) is 11.6 Å². The number of carbonyl (C=O) groups excluding carboxylic acids is 1. The van der Waals surface area contributed by atoms with E-state index in [4.69, 9.17) is 5.14 Å². The summed E-state index contributed by atoms with van der Waals surface area (Å²) in [6.07, 6.45) is 1.65. The van der Waals surface area contributed by atoms with E-state index in [0.29, 0.717) is 30.5 Å². The summed E-state index contributed by atoms with van der Waals surface area (Å²) in [5, 5.41) is 5.29. The smallest absolute Gasteiger partial charge is 0.238 e. The Labute approximate surface area is 190 Å². The number of fused-ring (bicyclic) bond motifs is 2. The largest absolute Gasteiger partial charge is 0.309 e. The van der Waals surface area contributed by atoms with Gasteiger partial charge in [-0.3, -0.25) is 4.79 Å². The lowest BCUT2D eigenvalue weighted by Crippen LogP contribution is -2.40. The van der Waals surface area contributed by atoms with Crippen LogP contribution < -0.4 is 10.0 Å². The monoisotopic (exact) mass is 468 g/mol. The topological polar surface area (TPSA) is 80.5 Å². The number of carbonyl (C=O) groups is 1. The number of sulfonamides is 1. The third-order valence-electron chi connectivity index (χ3n) is 6.57. The quantitative estimate of drug-likeness (QED) is 0.632. The van der Waals surface area contributed by atoms with Crippen LogP contribution in [0.4, 0.5) is 14.5 Å². The summed E-state index contributed by atoms with van der Waals surface area (Å²) in [4.78, 5) is 15.2. The Kier molecular flexibility index (Phi) is 5.10. The third kappa shape index (κ3) is 3.83.